The third-order valence-electron chi connectivity index (χ3n) is 8.14. The monoisotopic (exact) mass is 427 g/mol. The van der Waals surface area contributed by atoms with Gasteiger partial charge in [0.1, 0.15) is 0 Å². The molecule has 0 bridgehead atoms. The minimum absolute atomic E-state index is 0.897. The first-order chi connectivity index (χ1) is 17.3. The molecule has 146 valence electrons. The standard InChI is InChI=1S/C2H39B33/c1-35(2)34-33-32-31-30-29-28-27-26-25-24-23-22-21-20-19-18-17-16-15-14-13-12-11-10-9-8-7-6-5-4-3/h4-34H,3H2,1-2H3. The van der Waals surface area contributed by atoms with Crippen LogP contribution in [-0.2, 0) is 0 Å². The Labute approximate surface area is 245 Å². The summed E-state index contributed by atoms with van der Waals surface area (Å²) in [5.41, 5.74) is 0. The number of hydrogen-bond donors (Lipinski definition) is 0. The van der Waals surface area contributed by atoms with Crippen molar-refractivity contribution in [2.75, 3.05) is 0 Å². The maximum atomic E-state index is 2.35. The summed E-state index contributed by atoms with van der Waals surface area (Å²) in [5, 5.41) is 0. The Hall–Kier alpha value is 2.14. The van der Waals surface area contributed by atoms with Crippen LogP contribution < -0.4 is 0 Å². The van der Waals surface area contributed by atoms with Crippen molar-refractivity contribution in [3.63, 3.8) is 0 Å². The molecule has 0 aromatic rings. The fraction of sp³-hybridized carbons (Fsp3) is 1.00. The molecule has 33 heteroatoms. The highest BCUT2D eigenvalue weighted by atomic mass is 13.1. The molecule has 0 radical (unpaired) electrons. The van der Waals surface area contributed by atoms with E-state index in [1.54, 1.807) is 0 Å². The van der Waals surface area contributed by atoms with Gasteiger partial charge in [-0.1, -0.05) is 13.6 Å². The molecule has 0 aliphatic heterocycles. The average molecular weight is 420 g/mol. The predicted molar refractivity (Wildman–Crippen MR) is 248 cm³/mol. The second-order valence-corrected chi connectivity index (χ2v) is 12.4. The fourth-order valence-electron chi connectivity index (χ4n) is 5.58. The highest BCUT2D eigenvalue weighted by Gasteiger charge is 2.06. The third-order valence-corrected chi connectivity index (χ3v) is 8.14. The van der Waals surface area contributed by atoms with Gasteiger partial charge in [-0.25, -0.2) is 0 Å². The van der Waals surface area contributed by atoms with Crippen molar-refractivity contribution in [3.8, 4) is 0 Å². The van der Waals surface area contributed by atoms with Crippen molar-refractivity contribution in [3.05, 3.63) is 0 Å². The molecule has 0 atom stereocenters. The molecule has 35 heavy (non-hydrogen) atoms. The molecule has 0 amide bonds. The maximum Gasteiger partial charge on any atom is 0.0888 e. The molecular weight excluding hydrogens is 381 g/mol. The predicted octanol–water partition coefficient (Wildman–Crippen LogP) is -20.2. The zero-order valence-corrected chi connectivity index (χ0v) is 25.5. The second kappa shape index (κ2) is 34.2. The maximum absolute atomic E-state index is 2.35. The Morgan fingerprint density at radius 2 is 0.457 bits per heavy atom. The molecule has 0 aromatic heterocycles. The third kappa shape index (κ3) is 36.1. The molecule has 0 fully saturated rings. The zero-order valence-electron chi connectivity index (χ0n) is 25.5. The Balaban J connectivity index is 3.01. The Morgan fingerprint density at radius 1 is 0.286 bits per heavy atom. The summed E-state index contributed by atoms with van der Waals surface area (Å²) in [4.78, 5) is 0. The first kappa shape index (κ1) is 37.1. The lowest BCUT2D eigenvalue weighted by Gasteiger charge is -1.96. The number of rotatable bonds is 31. The van der Waals surface area contributed by atoms with Crippen molar-refractivity contribution in [2.45, 2.75) is 13.6 Å². The smallest absolute Gasteiger partial charge is 0.0888 e. The molecule has 0 aliphatic carbocycles. The van der Waals surface area contributed by atoms with Crippen molar-refractivity contribution in [1.29, 1.82) is 0 Å². The van der Waals surface area contributed by atoms with E-state index in [1.165, 1.54) is 219 Å². The van der Waals surface area contributed by atoms with E-state index in [1.807, 2.05) is 0 Å². The van der Waals surface area contributed by atoms with Crippen LogP contribution in [0.15, 0.2) is 0 Å². The summed E-state index contributed by atoms with van der Waals surface area (Å²) < 4.78 is 0. The molecule has 0 nitrogen and oxygen atoms in total. The van der Waals surface area contributed by atoms with E-state index in [0.717, 1.165) is 6.60 Å². The number of hydrogen-bond acceptors (Lipinski definition) is 0. The van der Waals surface area contributed by atoms with E-state index in [-0.39, 0.29) is 0 Å². The van der Waals surface area contributed by atoms with Crippen LogP contribution in [0.4, 0.5) is 0 Å². The molecule has 0 saturated carbocycles. The van der Waals surface area contributed by atoms with Gasteiger partial charge in [0.2, 0.25) is 0 Å². The first-order valence-electron chi connectivity index (χ1n) is 17.3. The van der Waals surface area contributed by atoms with Crippen molar-refractivity contribution in [2.24, 2.45) is 0 Å². The van der Waals surface area contributed by atoms with Gasteiger partial charge in [-0.05, 0) is 0 Å². The summed E-state index contributed by atoms with van der Waals surface area (Å²) in [6.45, 7) is 5.60. The van der Waals surface area contributed by atoms with Gasteiger partial charge in [-0.2, -0.15) is 0 Å². The summed E-state index contributed by atoms with van der Waals surface area (Å²) in [5.74, 6) is 0. The normalized spacial score (nSPS) is 7.83. The van der Waals surface area contributed by atoms with Gasteiger partial charge in [-0.15, -0.1) is 0 Å². The van der Waals surface area contributed by atoms with E-state index >= 15 is 0 Å². The SMILES string of the molecule is BBBBBBBBBBBBBBBBBBBBBBBBBBBBBBBBB(C)C. The summed E-state index contributed by atoms with van der Waals surface area (Å²) in [7, 11) is 48.2. The summed E-state index contributed by atoms with van der Waals surface area (Å²) >= 11 is 0. The Morgan fingerprint density at radius 3 is 0.629 bits per heavy atom. The molecule has 0 aromatic carbocycles. The Bertz CT molecular complexity index is 355. The largest absolute Gasteiger partial charge is 0.0933 e. The molecule has 0 heterocycles. The van der Waals surface area contributed by atoms with Gasteiger partial charge in [0.25, 0.3) is 0 Å². The molecule has 0 aliphatic rings. The molecule has 0 N–H and O–H groups in total. The lowest BCUT2D eigenvalue weighted by molar-refractivity contribution is 2.10. The van der Waals surface area contributed by atoms with Crippen LogP contribution in [0, 0.1) is 0 Å². The first-order valence-corrected chi connectivity index (χ1v) is 17.3. The topological polar surface area (TPSA) is 0 Å². The lowest BCUT2D eigenvalue weighted by atomic mass is 8.82. The molecule has 0 saturated heterocycles. The van der Waals surface area contributed by atoms with Gasteiger partial charge in [0.15, 0.2) is 0 Å². The van der Waals surface area contributed by atoms with E-state index in [2.05, 4.69) is 21.4 Å². The summed E-state index contributed by atoms with van der Waals surface area (Å²) in [6, 6.07) is 0. The van der Waals surface area contributed by atoms with Crippen molar-refractivity contribution >= 4 is 233 Å². The second-order valence-electron chi connectivity index (χ2n) is 12.4. The lowest BCUT2D eigenvalue weighted by Crippen LogP contribution is -2.37. The molecular formula is C2H39B33. The quantitative estimate of drug-likeness (QED) is 0.0773. The van der Waals surface area contributed by atoms with Gasteiger partial charge in [0.05, 0.1) is 21.4 Å². The van der Waals surface area contributed by atoms with Gasteiger partial charge in [-0.3, -0.25) is 0 Å². The fourth-order valence-corrected chi connectivity index (χ4v) is 5.58. The van der Waals surface area contributed by atoms with E-state index < -0.39 is 0 Å². The van der Waals surface area contributed by atoms with E-state index in [9.17, 15) is 0 Å². The van der Waals surface area contributed by atoms with E-state index in [4.69, 9.17) is 0 Å². The molecule has 0 rings (SSSR count). The van der Waals surface area contributed by atoms with Gasteiger partial charge < -0.3 is 0 Å². The van der Waals surface area contributed by atoms with Crippen molar-refractivity contribution < 1.29 is 0 Å². The molecule has 0 unspecified atom stereocenters. The van der Waals surface area contributed by atoms with Crippen LogP contribution in [0.5, 0.6) is 0 Å². The van der Waals surface area contributed by atoms with Crippen LogP contribution in [-0.4, -0.2) is 233 Å². The van der Waals surface area contributed by atoms with Gasteiger partial charge in [0, 0.05) is 212 Å². The van der Waals surface area contributed by atoms with Crippen LogP contribution in [0.3, 0.4) is 0 Å². The highest BCUT2D eigenvalue weighted by Crippen LogP contribution is 1.71. The van der Waals surface area contributed by atoms with E-state index in [0.29, 0.717) is 0 Å². The average Bonchev–Trinajstić information content (AvgIpc) is 2.85. The minimum atomic E-state index is 0.897. The van der Waals surface area contributed by atoms with Crippen molar-refractivity contribution in [1.82, 2.24) is 0 Å². The zero-order chi connectivity index (χ0) is 25.5. The van der Waals surface area contributed by atoms with Gasteiger partial charge >= 0.3 is 0 Å². The van der Waals surface area contributed by atoms with Crippen LogP contribution >= 0.6 is 0 Å². The van der Waals surface area contributed by atoms with Crippen LogP contribution in [0.1, 0.15) is 0 Å². The van der Waals surface area contributed by atoms with Crippen LogP contribution in [0.2, 0.25) is 13.6 Å². The summed E-state index contributed by atoms with van der Waals surface area (Å²) in [6.07, 6.45) is 0. The van der Waals surface area contributed by atoms with Crippen LogP contribution in [0.25, 0.3) is 0 Å². The minimum Gasteiger partial charge on any atom is -0.0933 e. The highest BCUT2D eigenvalue weighted by molar-refractivity contribution is 7.77. The Kier molecular flexibility index (Phi) is 36.3. The molecule has 0 spiro atoms.